The van der Waals surface area contributed by atoms with E-state index in [1.54, 1.807) is 0 Å². The summed E-state index contributed by atoms with van der Waals surface area (Å²) < 4.78 is 0. The minimum atomic E-state index is 0.0324. The number of fused-ring (bicyclic) bond motifs is 1. The number of nitrogens with zero attached hydrogens (tertiary/aromatic N) is 2. The summed E-state index contributed by atoms with van der Waals surface area (Å²) in [4.78, 5) is 19.3. The molecule has 2 unspecified atom stereocenters. The Morgan fingerprint density at radius 1 is 1.09 bits per heavy atom. The SMILES string of the molecule is CCC(=O)N1CCC2(CC1)C[C@@]2(c1ccc(C2CN=C3CCCCC3C2)cc1)C1NNNN1. The van der Waals surface area contributed by atoms with Crippen LogP contribution in [0.3, 0.4) is 0 Å². The van der Waals surface area contributed by atoms with Gasteiger partial charge in [-0.1, -0.05) is 37.6 Å². The van der Waals surface area contributed by atoms with Crippen molar-refractivity contribution in [2.24, 2.45) is 16.3 Å². The Morgan fingerprint density at radius 3 is 2.58 bits per heavy atom. The molecule has 3 atom stereocenters. The average molecular weight is 451 g/mol. The number of hydrogen-bond donors (Lipinski definition) is 4. The van der Waals surface area contributed by atoms with Gasteiger partial charge in [-0.2, -0.15) is 11.1 Å². The summed E-state index contributed by atoms with van der Waals surface area (Å²) >= 11 is 0. The molecule has 1 amide bonds. The first-order chi connectivity index (χ1) is 16.1. The van der Waals surface area contributed by atoms with Crippen molar-refractivity contribution < 1.29 is 4.79 Å². The van der Waals surface area contributed by atoms with Crippen LogP contribution >= 0.6 is 0 Å². The van der Waals surface area contributed by atoms with Gasteiger partial charge in [-0.25, -0.2) is 10.9 Å². The van der Waals surface area contributed by atoms with Gasteiger partial charge in [0.05, 0.1) is 6.17 Å². The molecule has 0 aromatic heterocycles. The second-order valence-corrected chi connectivity index (χ2v) is 11.0. The van der Waals surface area contributed by atoms with Crippen LogP contribution < -0.4 is 21.9 Å². The molecule has 7 heteroatoms. The molecule has 1 aromatic carbocycles. The molecule has 6 rings (SSSR count). The van der Waals surface area contributed by atoms with Crippen molar-refractivity contribution in [3.8, 4) is 0 Å². The Kier molecular flexibility index (Phi) is 5.56. The van der Waals surface area contributed by atoms with Gasteiger partial charge < -0.3 is 4.90 Å². The lowest BCUT2D eigenvalue weighted by atomic mass is 9.75. The first-order valence-corrected chi connectivity index (χ1v) is 13.1. The lowest BCUT2D eigenvalue weighted by Crippen LogP contribution is -2.50. The van der Waals surface area contributed by atoms with Crippen molar-refractivity contribution in [1.82, 2.24) is 26.8 Å². The van der Waals surface area contributed by atoms with Gasteiger partial charge in [-0.15, -0.1) is 0 Å². The lowest BCUT2D eigenvalue weighted by molar-refractivity contribution is -0.132. The summed E-state index contributed by atoms with van der Waals surface area (Å²) in [7, 11) is 0. The Labute approximate surface area is 197 Å². The zero-order chi connectivity index (χ0) is 22.5. The summed E-state index contributed by atoms with van der Waals surface area (Å²) in [6.45, 7) is 4.68. The van der Waals surface area contributed by atoms with Crippen molar-refractivity contribution in [1.29, 1.82) is 0 Å². The Hall–Kier alpha value is -1.80. The number of benzene rings is 1. The fourth-order valence-corrected chi connectivity index (χ4v) is 7.47. The minimum absolute atomic E-state index is 0.0324. The van der Waals surface area contributed by atoms with E-state index in [2.05, 4.69) is 51.1 Å². The third-order valence-corrected chi connectivity index (χ3v) is 9.49. The molecule has 178 valence electrons. The van der Waals surface area contributed by atoms with Gasteiger partial charge in [0.15, 0.2) is 0 Å². The summed E-state index contributed by atoms with van der Waals surface area (Å²) in [5, 5.41) is 0. The molecule has 1 aromatic rings. The highest BCUT2D eigenvalue weighted by atomic mass is 16.2. The van der Waals surface area contributed by atoms with Crippen LogP contribution in [0.15, 0.2) is 29.3 Å². The molecule has 0 radical (unpaired) electrons. The number of nitrogens with one attached hydrogen (secondary N) is 4. The number of carbonyl (C=O) groups excluding carboxylic acids is 1. The van der Waals surface area contributed by atoms with E-state index in [0.717, 1.165) is 44.8 Å². The zero-order valence-electron chi connectivity index (χ0n) is 19.8. The van der Waals surface area contributed by atoms with Crippen LogP contribution in [0.5, 0.6) is 0 Å². The summed E-state index contributed by atoms with van der Waals surface area (Å²) in [5.41, 5.74) is 17.5. The van der Waals surface area contributed by atoms with Crippen LogP contribution in [-0.4, -0.2) is 42.3 Å². The maximum atomic E-state index is 12.2. The van der Waals surface area contributed by atoms with Gasteiger partial charge in [0.2, 0.25) is 5.91 Å². The molecule has 3 heterocycles. The molecule has 0 bridgehead atoms. The molecule has 2 saturated carbocycles. The van der Waals surface area contributed by atoms with Gasteiger partial charge in [0, 0.05) is 43.1 Å². The number of likely N-dealkylation sites (tertiary alicyclic amines) is 1. The van der Waals surface area contributed by atoms with Crippen molar-refractivity contribution >= 4 is 11.6 Å². The van der Waals surface area contributed by atoms with Crippen LogP contribution in [0.25, 0.3) is 0 Å². The Balaban J connectivity index is 1.22. The van der Waals surface area contributed by atoms with Crippen LogP contribution in [0.1, 0.15) is 81.8 Å². The lowest BCUT2D eigenvalue weighted by Gasteiger charge is -2.38. The zero-order valence-corrected chi connectivity index (χ0v) is 19.8. The predicted octanol–water partition coefficient (Wildman–Crippen LogP) is 2.91. The molecule has 1 spiro atoms. The fourth-order valence-electron chi connectivity index (χ4n) is 7.47. The van der Waals surface area contributed by atoms with E-state index in [4.69, 9.17) is 4.99 Å². The van der Waals surface area contributed by atoms with Crippen LogP contribution in [0, 0.1) is 11.3 Å². The van der Waals surface area contributed by atoms with Crippen LogP contribution in [0.2, 0.25) is 0 Å². The van der Waals surface area contributed by atoms with Gasteiger partial charge in [0.25, 0.3) is 0 Å². The van der Waals surface area contributed by atoms with E-state index in [1.165, 1.54) is 48.9 Å². The topological polar surface area (TPSA) is 80.8 Å². The first kappa shape index (κ1) is 21.7. The van der Waals surface area contributed by atoms with Gasteiger partial charge in [0.1, 0.15) is 0 Å². The highest BCUT2D eigenvalue weighted by Crippen LogP contribution is 2.70. The van der Waals surface area contributed by atoms with E-state index in [0.29, 0.717) is 12.3 Å². The highest BCUT2D eigenvalue weighted by Gasteiger charge is 2.71. The van der Waals surface area contributed by atoms with Crippen molar-refractivity contribution in [2.45, 2.75) is 82.2 Å². The van der Waals surface area contributed by atoms with Gasteiger partial charge >= 0.3 is 0 Å². The number of hydrogen-bond acceptors (Lipinski definition) is 6. The quantitative estimate of drug-likeness (QED) is 0.567. The van der Waals surface area contributed by atoms with Crippen LogP contribution in [-0.2, 0) is 10.2 Å². The third-order valence-electron chi connectivity index (χ3n) is 9.49. The van der Waals surface area contributed by atoms with E-state index < -0.39 is 0 Å². The second-order valence-electron chi connectivity index (χ2n) is 11.0. The van der Waals surface area contributed by atoms with Crippen molar-refractivity contribution in [2.75, 3.05) is 19.6 Å². The standard InChI is InChI=1S/C26H38N6O/c1-2-23(33)32-13-11-25(12-14-32)17-26(25,24-28-30-31-29-24)21-9-7-18(8-10-21)20-15-19-5-3-4-6-22(19)27-16-20/h7-10,19-20,24,28-31H,2-6,11-17H2,1H3/t19?,20?,26-/m1/s1. The average Bonchev–Trinajstić information content (AvgIpc) is 3.20. The predicted molar refractivity (Wildman–Crippen MR) is 129 cm³/mol. The highest BCUT2D eigenvalue weighted by molar-refractivity contribution is 5.88. The molecular formula is C26H38N6O. The molecule has 5 aliphatic rings. The van der Waals surface area contributed by atoms with E-state index in [-0.39, 0.29) is 22.9 Å². The van der Waals surface area contributed by atoms with Crippen molar-refractivity contribution in [3.05, 3.63) is 35.4 Å². The molecule has 2 aliphatic carbocycles. The normalized spacial score (nSPS) is 33.6. The molecular weight excluding hydrogens is 412 g/mol. The molecule has 33 heavy (non-hydrogen) atoms. The minimum Gasteiger partial charge on any atom is -0.343 e. The maximum absolute atomic E-state index is 12.2. The molecule has 4 N–H and O–H groups in total. The Bertz CT molecular complexity index is 915. The number of aliphatic imine (C=N–C) groups is 1. The second kappa shape index (κ2) is 8.45. The monoisotopic (exact) mass is 450 g/mol. The maximum Gasteiger partial charge on any atom is 0.222 e. The number of carbonyl (C=O) groups is 1. The Morgan fingerprint density at radius 2 is 1.85 bits per heavy atom. The smallest absolute Gasteiger partial charge is 0.222 e. The molecule has 2 saturated heterocycles. The largest absolute Gasteiger partial charge is 0.343 e. The summed E-state index contributed by atoms with van der Waals surface area (Å²) in [6.07, 6.45) is 10.6. The number of piperidine rings is 1. The molecule has 4 fully saturated rings. The van der Waals surface area contributed by atoms with Crippen LogP contribution in [0.4, 0.5) is 0 Å². The molecule has 3 aliphatic heterocycles. The number of amides is 1. The summed E-state index contributed by atoms with van der Waals surface area (Å²) in [5.74, 6) is 1.57. The third kappa shape index (κ3) is 3.55. The van der Waals surface area contributed by atoms with E-state index in [1.807, 2.05) is 6.92 Å². The van der Waals surface area contributed by atoms with Gasteiger partial charge in [-0.05, 0) is 67.4 Å². The number of hydrazine groups is 3. The summed E-state index contributed by atoms with van der Waals surface area (Å²) in [6, 6.07) is 9.52. The van der Waals surface area contributed by atoms with Crippen molar-refractivity contribution in [3.63, 3.8) is 0 Å². The van der Waals surface area contributed by atoms with E-state index >= 15 is 0 Å². The van der Waals surface area contributed by atoms with E-state index in [9.17, 15) is 4.79 Å². The molecule has 7 nitrogen and oxygen atoms in total. The van der Waals surface area contributed by atoms with Gasteiger partial charge in [-0.3, -0.25) is 9.79 Å². The number of rotatable bonds is 4. The first-order valence-electron chi connectivity index (χ1n) is 13.1. The fraction of sp³-hybridized carbons (Fsp3) is 0.692.